The molecule has 1 aromatic heterocycles. The number of rotatable bonds is 8. The van der Waals surface area contributed by atoms with Gasteiger partial charge in [0.15, 0.2) is 0 Å². The molecule has 0 bridgehead atoms. The van der Waals surface area contributed by atoms with Crippen LogP contribution in [0.5, 0.6) is 5.75 Å². The fourth-order valence-corrected chi connectivity index (χ4v) is 2.19. The van der Waals surface area contributed by atoms with Gasteiger partial charge in [-0.05, 0) is 48.7 Å². The molecule has 0 aliphatic carbocycles. The Morgan fingerprint density at radius 1 is 1.27 bits per heavy atom. The second-order valence-corrected chi connectivity index (χ2v) is 5.00. The topological polar surface area (TPSA) is 51.5 Å². The zero-order chi connectivity index (χ0) is 15.8. The second kappa shape index (κ2) is 8.08. The average molecular weight is 299 g/mol. The number of carboxylic acid groups (broad SMARTS) is 1. The van der Waals surface area contributed by atoms with Gasteiger partial charge in [0.25, 0.3) is 0 Å². The molecular formula is C18H21NO3. The Balaban J connectivity index is 1.79. The number of hydrogen-bond acceptors (Lipinski definition) is 2. The van der Waals surface area contributed by atoms with E-state index >= 15 is 0 Å². The molecule has 1 N–H and O–H groups in total. The Labute approximate surface area is 130 Å². The van der Waals surface area contributed by atoms with Crippen LogP contribution in [0.4, 0.5) is 0 Å². The first kappa shape index (κ1) is 15.9. The first-order chi connectivity index (χ1) is 10.7. The van der Waals surface area contributed by atoms with E-state index in [4.69, 9.17) is 9.84 Å². The lowest BCUT2D eigenvalue weighted by Gasteiger charge is -2.09. The van der Waals surface area contributed by atoms with Gasteiger partial charge in [0.1, 0.15) is 5.75 Å². The lowest BCUT2D eigenvalue weighted by molar-refractivity contribution is -0.131. The number of carboxylic acids is 1. The van der Waals surface area contributed by atoms with E-state index < -0.39 is 5.97 Å². The predicted octanol–water partition coefficient (Wildman–Crippen LogP) is 3.62. The van der Waals surface area contributed by atoms with Crippen molar-refractivity contribution in [1.29, 1.82) is 0 Å². The van der Waals surface area contributed by atoms with Crippen LogP contribution in [0.1, 0.15) is 24.6 Å². The van der Waals surface area contributed by atoms with Gasteiger partial charge < -0.3 is 14.4 Å². The molecule has 1 heterocycles. The summed E-state index contributed by atoms with van der Waals surface area (Å²) in [4.78, 5) is 10.6. The molecule has 4 heteroatoms. The van der Waals surface area contributed by atoms with Crippen molar-refractivity contribution in [3.8, 4) is 5.75 Å². The highest BCUT2D eigenvalue weighted by molar-refractivity contribution is 5.84. The third kappa shape index (κ3) is 4.81. The van der Waals surface area contributed by atoms with E-state index in [1.54, 1.807) is 6.08 Å². The zero-order valence-electron chi connectivity index (χ0n) is 12.7. The molecule has 0 unspecified atom stereocenters. The van der Waals surface area contributed by atoms with E-state index in [2.05, 4.69) is 19.1 Å². The van der Waals surface area contributed by atoms with E-state index in [0.29, 0.717) is 6.61 Å². The first-order valence-corrected chi connectivity index (χ1v) is 7.47. The van der Waals surface area contributed by atoms with Crippen LogP contribution in [0.15, 0.2) is 48.7 Å². The molecule has 0 saturated carbocycles. The number of carbonyl (C=O) groups is 1. The van der Waals surface area contributed by atoms with Crippen LogP contribution in [0.25, 0.3) is 6.08 Å². The summed E-state index contributed by atoms with van der Waals surface area (Å²) in [5.41, 5.74) is 2.18. The molecule has 0 saturated heterocycles. The van der Waals surface area contributed by atoms with Gasteiger partial charge in [0.05, 0.1) is 6.61 Å². The Morgan fingerprint density at radius 3 is 2.73 bits per heavy atom. The number of benzene rings is 1. The normalized spacial score (nSPS) is 11.0. The minimum Gasteiger partial charge on any atom is -0.494 e. The molecule has 0 aliphatic heterocycles. The molecular weight excluding hydrogens is 278 g/mol. The van der Waals surface area contributed by atoms with Gasteiger partial charge in [0, 0.05) is 24.5 Å². The van der Waals surface area contributed by atoms with Crippen molar-refractivity contribution in [2.45, 2.75) is 26.3 Å². The molecule has 2 aromatic rings. The molecule has 116 valence electrons. The zero-order valence-corrected chi connectivity index (χ0v) is 12.7. The van der Waals surface area contributed by atoms with Gasteiger partial charge in [-0.15, -0.1) is 0 Å². The summed E-state index contributed by atoms with van der Waals surface area (Å²) in [5, 5.41) is 8.66. The summed E-state index contributed by atoms with van der Waals surface area (Å²) in [6, 6.07) is 12.0. The maximum Gasteiger partial charge on any atom is 0.328 e. The molecule has 4 nitrogen and oxygen atoms in total. The van der Waals surface area contributed by atoms with Crippen LogP contribution in [0.2, 0.25) is 0 Å². The van der Waals surface area contributed by atoms with Crippen LogP contribution in [-0.4, -0.2) is 22.2 Å². The SMILES string of the molecule is CCc1ccc(OCCCn2cccc2/C=C/C(=O)O)cc1. The van der Waals surface area contributed by atoms with E-state index in [-0.39, 0.29) is 0 Å². The Bertz CT molecular complexity index is 626. The van der Waals surface area contributed by atoms with Crippen LogP contribution in [0.3, 0.4) is 0 Å². The lowest BCUT2D eigenvalue weighted by Crippen LogP contribution is -2.05. The van der Waals surface area contributed by atoms with Crippen molar-refractivity contribution < 1.29 is 14.6 Å². The van der Waals surface area contributed by atoms with E-state index in [1.165, 1.54) is 5.56 Å². The Morgan fingerprint density at radius 2 is 2.05 bits per heavy atom. The quantitative estimate of drug-likeness (QED) is 0.598. The summed E-state index contributed by atoms with van der Waals surface area (Å²) < 4.78 is 7.73. The smallest absolute Gasteiger partial charge is 0.328 e. The van der Waals surface area contributed by atoms with E-state index in [1.807, 2.05) is 35.0 Å². The highest BCUT2D eigenvalue weighted by Crippen LogP contribution is 2.13. The van der Waals surface area contributed by atoms with Gasteiger partial charge >= 0.3 is 5.97 Å². The van der Waals surface area contributed by atoms with Crippen molar-refractivity contribution in [2.24, 2.45) is 0 Å². The summed E-state index contributed by atoms with van der Waals surface area (Å²) in [5.74, 6) is -0.0534. The molecule has 0 amide bonds. The molecule has 1 aromatic carbocycles. The van der Waals surface area contributed by atoms with Crippen molar-refractivity contribution in [2.75, 3.05) is 6.61 Å². The fraction of sp³-hybridized carbons (Fsp3) is 0.278. The van der Waals surface area contributed by atoms with Crippen LogP contribution in [0, 0.1) is 0 Å². The van der Waals surface area contributed by atoms with Crippen molar-refractivity contribution in [1.82, 2.24) is 4.57 Å². The van der Waals surface area contributed by atoms with Crippen LogP contribution >= 0.6 is 0 Å². The number of hydrogen-bond donors (Lipinski definition) is 1. The Kier molecular flexibility index (Phi) is 5.83. The molecule has 0 atom stereocenters. The van der Waals surface area contributed by atoms with E-state index in [9.17, 15) is 4.79 Å². The molecule has 22 heavy (non-hydrogen) atoms. The summed E-state index contributed by atoms with van der Waals surface area (Å²) in [7, 11) is 0. The number of nitrogens with zero attached hydrogens (tertiary/aromatic N) is 1. The first-order valence-electron chi connectivity index (χ1n) is 7.47. The van der Waals surface area contributed by atoms with Crippen molar-refractivity contribution in [3.63, 3.8) is 0 Å². The van der Waals surface area contributed by atoms with Gasteiger partial charge in [-0.2, -0.15) is 0 Å². The van der Waals surface area contributed by atoms with Gasteiger partial charge in [-0.3, -0.25) is 0 Å². The third-order valence-electron chi connectivity index (χ3n) is 3.40. The molecule has 2 rings (SSSR count). The molecule has 0 aliphatic rings. The molecule has 0 radical (unpaired) electrons. The molecule has 0 fully saturated rings. The third-order valence-corrected chi connectivity index (χ3v) is 3.40. The maximum atomic E-state index is 10.6. The van der Waals surface area contributed by atoms with Gasteiger partial charge in [0.2, 0.25) is 0 Å². The number of ether oxygens (including phenoxy) is 1. The monoisotopic (exact) mass is 299 g/mol. The number of aromatic nitrogens is 1. The highest BCUT2D eigenvalue weighted by atomic mass is 16.5. The van der Waals surface area contributed by atoms with Crippen LogP contribution < -0.4 is 4.74 Å². The summed E-state index contributed by atoms with van der Waals surface area (Å²) in [6.07, 6.45) is 6.58. The van der Waals surface area contributed by atoms with Crippen molar-refractivity contribution in [3.05, 3.63) is 59.9 Å². The summed E-state index contributed by atoms with van der Waals surface area (Å²) >= 11 is 0. The number of aliphatic carboxylic acids is 1. The lowest BCUT2D eigenvalue weighted by atomic mass is 10.2. The minimum absolute atomic E-state index is 0.631. The standard InChI is InChI=1S/C18H21NO3/c1-2-15-6-9-17(10-7-15)22-14-4-13-19-12-3-5-16(19)8-11-18(20)21/h3,5-12H,2,4,13-14H2,1H3,(H,20,21)/b11-8+. The molecule has 0 spiro atoms. The average Bonchev–Trinajstić information content (AvgIpc) is 2.97. The number of aryl methyl sites for hydroxylation is 2. The predicted molar refractivity (Wildman–Crippen MR) is 87.0 cm³/mol. The second-order valence-electron chi connectivity index (χ2n) is 5.00. The van der Waals surface area contributed by atoms with Crippen molar-refractivity contribution >= 4 is 12.0 Å². The van der Waals surface area contributed by atoms with Crippen LogP contribution in [-0.2, 0) is 17.8 Å². The van der Waals surface area contributed by atoms with Gasteiger partial charge in [-0.1, -0.05) is 19.1 Å². The van der Waals surface area contributed by atoms with Gasteiger partial charge in [-0.25, -0.2) is 4.79 Å². The van der Waals surface area contributed by atoms with E-state index in [0.717, 1.165) is 36.9 Å². The highest BCUT2D eigenvalue weighted by Gasteiger charge is 1.99. The maximum absolute atomic E-state index is 10.6. The fourth-order valence-electron chi connectivity index (χ4n) is 2.19. The summed E-state index contributed by atoms with van der Waals surface area (Å²) in [6.45, 7) is 3.55. The Hall–Kier alpha value is -2.49. The minimum atomic E-state index is -0.938. The largest absolute Gasteiger partial charge is 0.494 e.